The van der Waals surface area contributed by atoms with Crippen molar-refractivity contribution in [3.8, 4) is 0 Å². The van der Waals surface area contributed by atoms with Gasteiger partial charge in [-0.2, -0.15) is 0 Å². The van der Waals surface area contributed by atoms with Gasteiger partial charge in [0.1, 0.15) is 18.0 Å². The summed E-state index contributed by atoms with van der Waals surface area (Å²) in [4.78, 5) is 21.7. The fraction of sp³-hybridized carbons (Fsp3) is 0.364. The fourth-order valence-corrected chi connectivity index (χ4v) is 4.38. The van der Waals surface area contributed by atoms with Crippen LogP contribution in [0.25, 0.3) is 10.8 Å². The van der Waals surface area contributed by atoms with E-state index in [-0.39, 0.29) is 17.4 Å². The number of pyridine rings is 1. The van der Waals surface area contributed by atoms with E-state index in [1.165, 1.54) is 6.33 Å². The highest BCUT2D eigenvalue weighted by atomic mass is 16.1. The number of hydrogen-bond acceptors (Lipinski definition) is 6. The van der Waals surface area contributed by atoms with Gasteiger partial charge in [0.25, 0.3) is 5.56 Å². The molecule has 0 amide bonds. The molecule has 0 atom stereocenters. The van der Waals surface area contributed by atoms with Crippen LogP contribution >= 0.6 is 0 Å². The van der Waals surface area contributed by atoms with Crippen LogP contribution in [-0.2, 0) is 6.54 Å². The van der Waals surface area contributed by atoms with Crippen molar-refractivity contribution in [1.82, 2.24) is 14.5 Å². The number of anilines is 2. The van der Waals surface area contributed by atoms with Crippen molar-refractivity contribution in [2.45, 2.75) is 52.1 Å². The van der Waals surface area contributed by atoms with Gasteiger partial charge in [-0.05, 0) is 43.7 Å². The summed E-state index contributed by atoms with van der Waals surface area (Å²) in [6.07, 6.45) is 5.73. The molecule has 0 spiro atoms. The molecule has 3 aromatic rings. The summed E-state index contributed by atoms with van der Waals surface area (Å²) in [5, 5.41) is 13.0. The van der Waals surface area contributed by atoms with Crippen LogP contribution in [0, 0.1) is 12.3 Å². The van der Waals surface area contributed by atoms with Crippen LogP contribution < -0.4 is 16.6 Å². The zero-order valence-corrected chi connectivity index (χ0v) is 16.8. The van der Waals surface area contributed by atoms with Gasteiger partial charge in [-0.25, -0.2) is 9.97 Å². The van der Waals surface area contributed by atoms with Gasteiger partial charge in [-0.1, -0.05) is 31.0 Å². The summed E-state index contributed by atoms with van der Waals surface area (Å²) in [5.74, 6) is 0.789. The topological polar surface area (TPSA) is 110 Å². The van der Waals surface area contributed by atoms with Crippen molar-refractivity contribution >= 4 is 28.1 Å². The van der Waals surface area contributed by atoms with Crippen molar-refractivity contribution in [3.05, 3.63) is 57.8 Å². The van der Waals surface area contributed by atoms with Crippen LogP contribution in [0.3, 0.4) is 0 Å². The molecule has 1 fully saturated rings. The lowest BCUT2D eigenvalue weighted by Gasteiger charge is -2.21. The van der Waals surface area contributed by atoms with E-state index in [0.717, 1.165) is 47.7 Å². The van der Waals surface area contributed by atoms with Gasteiger partial charge in [0.05, 0.1) is 17.5 Å². The molecule has 0 unspecified atom stereocenters. The molecule has 0 saturated heterocycles. The molecular weight excluding hydrogens is 364 g/mol. The summed E-state index contributed by atoms with van der Waals surface area (Å²) < 4.78 is 1.97. The molecule has 7 nitrogen and oxygen atoms in total. The third-order valence-corrected chi connectivity index (χ3v) is 5.75. The Morgan fingerprint density at radius 3 is 2.79 bits per heavy atom. The molecule has 1 aliphatic carbocycles. The van der Waals surface area contributed by atoms with Gasteiger partial charge in [0.2, 0.25) is 0 Å². The minimum atomic E-state index is 0.0787. The second-order valence-electron chi connectivity index (χ2n) is 7.75. The number of aryl methyl sites for hydroxylation is 1. The summed E-state index contributed by atoms with van der Waals surface area (Å²) >= 11 is 0. The van der Waals surface area contributed by atoms with Crippen molar-refractivity contribution in [2.75, 3.05) is 11.1 Å². The standard InChI is InChI=1S/C22H26N6O/c1-13-6-5-7-15-10-17(28(22(29)18(13)15)16-8-3-4-9-16)11-25-21-19(14(2)23)20(24)26-12-27-21/h5-7,10,12,16,23H,3-4,8-9,11H2,1-2H3,(H3,24,25,26,27). The summed E-state index contributed by atoms with van der Waals surface area (Å²) in [5.41, 5.74) is 8.75. The Bertz CT molecular complexity index is 1140. The summed E-state index contributed by atoms with van der Waals surface area (Å²) in [7, 11) is 0. The summed E-state index contributed by atoms with van der Waals surface area (Å²) in [6.45, 7) is 4.07. The molecule has 0 aliphatic heterocycles. The zero-order valence-electron chi connectivity index (χ0n) is 16.8. The highest BCUT2D eigenvalue weighted by Gasteiger charge is 2.22. The average molecular weight is 390 g/mol. The van der Waals surface area contributed by atoms with Gasteiger partial charge < -0.3 is 21.0 Å². The average Bonchev–Trinajstić information content (AvgIpc) is 3.20. The van der Waals surface area contributed by atoms with E-state index < -0.39 is 0 Å². The number of nitrogens with two attached hydrogens (primary N) is 1. The summed E-state index contributed by atoms with van der Waals surface area (Å²) in [6, 6.07) is 8.28. The maximum absolute atomic E-state index is 13.5. The van der Waals surface area contributed by atoms with Crippen molar-refractivity contribution in [1.29, 1.82) is 5.41 Å². The first-order chi connectivity index (χ1) is 14.0. The van der Waals surface area contributed by atoms with E-state index >= 15 is 0 Å². The number of nitrogens with one attached hydrogen (secondary N) is 2. The van der Waals surface area contributed by atoms with Crippen molar-refractivity contribution in [2.24, 2.45) is 0 Å². The molecule has 7 heteroatoms. The number of rotatable bonds is 5. The van der Waals surface area contributed by atoms with E-state index in [0.29, 0.717) is 23.6 Å². The Hall–Kier alpha value is -3.22. The van der Waals surface area contributed by atoms with Crippen LogP contribution in [0.4, 0.5) is 11.6 Å². The maximum atomic E-state index is 13.5. The van der Waals surface area contributed by atoms with Gasteiger partial charge in [0, 0.05) is 17.4 Å². The highest BCUT2D eigenvalue weighted by molar-refractivity contribution is 6.04. The first-order valence-corrected chi connectivity index (χ1v) is 10.0. The maximum Gasteiger partial charge on any atom is 0.259 e. The van der Waals surface area contributed by atoms with Gasteiger partial charge >= 0.3 is 0 Å². The molecule has 1 aromatic carbocycles. The van der Waals surface area contributed by atoms with Crippen molar-refractivity contribution < 1.29 is 0 Å². The van der Waals surface area contributed by atoms with Crippen LogP contribution in [0.15, 0.2) is 35.4 Å². The molecule has 0 bridgehead atoms. The molecule has 0 radical (unpaired) electrons. The fourth-order valence-electron chi connectivity index (χ4n) is 4.38. The molecule has 150 valence electrons. The van der Waals surface area contributed by atoms with Crippen LogP contribution in [-0.4, -0.2) is 20.2 Å². The lowest BCUT2D eigenvalue weighted by atomic mass is 10.0. The van der Waals surface area contributed by atoms with Crippen LogP contribution in [0.2, 0.25) is 0 Å². The molecule has 29 heavy (non-hydrogen) atoms. The quantitative estimate of drug-likeness (QED) is 0.574. The normalized spacial score (nSPS) is 14.4. The molecular formula is C22H26N6O. The minimum absolute atomic E-state index is 0.0787. The lowest BCUT2D eigenvalue weighted by molar-refractivity contribution is 0.488. The molecule has 1 aliphatic rings. The highest BCUT2D eigenvalue weighted by Crippen LogP contribution is 2.31. The van der Waals surface area contributed by atoms with E-state index in [2.05, 4.69) is 21.4 Å². The molecule has 4 rings (SSSR count). The second-order valence-corrected chi connectivity index (χ2v) is 7.75. The van der Waals surface area contributed by atoms with Gasteiger partial charge in [-0.3, -0.25) is 4.79 Å². The van der Waals surface area contributed by atoms with E-state index in [4.69, 9.17) is 11.1 Å². The van der Waals surface area contributed by atoms with Crippen molar-refractivity contribution in [3.63, 3.8) is 0 Å². The first-order valence-electron chi connectivity index (χ1n) is 10.0. The zero-order chi connectivity index (χ0) is 20.5. The number of nitrogen functional groups attached to an aromatic ring is 1. The minimum Gasteiger partial charge on any atom is -0.383 e. The predicted octanol–water partition coefficient (Wildman–Crippen LogP) is 3.80. The van der Waals surface area contributed by atoms with Crippen LogP contribution in [0.5, 0.6) is 0 Å². The Balaban J connectivity index is 1.80. The van der Waals surface area contributed by atoms with Gasteiger partial charge in [0.15, 0.2) is 0 Å². The second kappa shape index (κ2) is 7.66. The molecule has 2 heterocycles. The third kappa shape index (κ3) is 3.48. The lowest BCUT2D eigenvalue weighted by Crippen LogP contribution is -2.28. The predicted molar refractivity (Wildman–Crippen MR) is 117 cm³/mol. The SMILES string of the molecule is CC(=N)c1c(N)ncnc1NCc1cc2cccc(C)c2c(=O)n1C1CCCC1. The first kappa shape index (κ1) is 19.1. The molecule has 1 saturated carbocycles. The largest absolute Gasteiger partial charge is 0.383 e. The van der Waals surface area contributed by atoms with E-state index in [9.17, 15) is 4.79 Å². The van der Waals surface area contributed by atoms with Crippen LogP contribution in [0.1, 0.15) is 55.5 Å². The Morgan fingerprint density at radius 1 is 1.31 bits per heavy atom. The molecule has 4 N–H and O–H groups in total. The van der Waals surface area contributed by atoms with E-state index in [1.807, 2.05) is 29.7 Å². The Labute approximate surface area is 169 Å². The number of fused-ring (bicyclic) bond motifs is 1. The van der Waals surface area contributed by atoms with E-state index in [1.54, 1.807) is 6.92 Å². The monoisotopic (exact) mass is 390 g/mol. The Kier molecular flexibility index (Phi) is 5.05. The third-order valence-electron chi connectivity index (χ3n) is 5.75. The molecule has 2 aromatic heterocycles. The number of nitrogens with zero attached hydrogens (tertiary/aromatic N) is 3. The number of benzene rings is 1. The Morgan fingerprint density at radius 2 is 2.07 bits per heavy atom. The number of aromatic nitrogens is 3. The van der Waals surface area contributed by atoms with Gasteiger partial charge in [-0.15, -0.1) is 0 Å². The smallest absolute Gasteiger partial charge is 0.259 e. The number of hydrogen-bond donors (Lipinski definition) is 3.